The minimum atomic E-state index is -2.87. The van der Waals surface area contributed by atoms with Crippen LogP contribution in [-0.2, 0) is 22.9 Å². The molecular formula is C20H26N2O2S. The minimum absolute atomic E-state index is 0.128. The molecule has 1 atom stereocenters. The van der Waals surface area contributed by atoms with Gasteiger partial charge >= 0.3 is 0 Å². The van der Waals surface area contributed by atoms with Gasteiger partial charge in [0.25, 0.3) is 0 Å². The minimum Gasteiger partial charge on any atom is -0.311 e. The SMILES string of the molecule is O=S1(=O)CC[C@H](N(CCNCc2ccccc2)Cc2ccccc2)C1. The van der Waals surface area contributed by atoms with E-state index in [4.69, 9.17) is 0 Å². The Kier molecular flexibility index (Phi) is 6.24. The molecule has 0 aliphatic carbocycles. The number of hydrogen-bond donors (Lipinski definition) is 1. The Morgan fingerprint density at radius 1 is 0.960 bits per heavy atom. The predicted octanol–water partition coefficient (Wildman–Crippen LogP) is 2.47. The highest BCUT2D eigenvalue weighted by Crippen LogP contribution is 2.19. The molecule has 0 radical (unpaired) electrons. The van der Waals surface area contributed by atoms with Gasteiger partial charge in [-0.05, 0) is 17.5 Å². The summed E-state index contributed by atoms with van der Waals surface area (Å²) < 4.78 is 23.7. The Bertz CT molecular complexity index is 748. The number of sulfone groups is 1. The van der Waals surface area contributed by atoms with E-state index in [2.05, 4.69) is 34.5 Å². The third-order valence-electron chi connectivity index (χ3n) is 4.70. The molecule has 5 heteroatoms. The average molecular weight is 359 g/mol. The van der Waals surface area contributed by atoms with Crippen LogP contribution in [0.2, 0.25) is 0 Å². The number of hydrogen-bond acceptors (Lipinski definition) is 4. The standard InChI is InChI=1S/C20H26N2O2S/c23-25(24)14-11-20(17-25)22(16-19-9-5-2-6-10-19)13-12-21-15-18-7-3-1-4-8-18/h1-10,20-21H,11-17H2/t20-/m0/s1. The molecule has 2 aromatic carbocycles. The maximum Gasteiger partial charge on any atom is 0.151 e. The van der Waals surface area contributed by atoms with Gasteiger partial charge in [-0.15, -0.1) is 0 Å². The van der Waals surface area contributed by atoms with Gasteiger partial charge in [-0.1, -0.05) is 60.7 Å². The summed E-state index contributed by atoms with van der Waals surface area (Å²) in [4.78, 5) is 2.32. The first-order chi connectivity index (χ1) is 12.1. The number of benzene rings is 2. The quantitative estimate of drug-likeness (QED) is 0.737. The van der Waals surface area contributed by atoms with Crippen LogP contribution in [0.15, 0.2) is 60.7 Å². The maximum atomic E-state index is 11.9. The molecule has 1 aliphatic heterocycles. The van der Waals surface area contributed by atoms with Gasteiger partial charge in [0.05, 0.1) is 11.5 Å². The largest absolute Gasteiger partial charge is 0.311 e. The van der Waals surface area contributed by atoms with Crippen LogP contribution in [0.5, 0.6) is 0 Å². The molecule has 25 heavy (non-hydrogen) atoms. The van der Waals surface area contributed by atoms with Crippen LogP contribution in [0, 0.1) is 0 Å². The smallest absolute Gasteiger partial charge is 0.151 e. The lowest BCUT2D eigenvalue weighted by atomic mass is 10.1. The van der Waals surface area contributed by atoms with Gasteiger partial charge in [0, 0.05) is 32.2 Å². The van der Waals surface area contributed by atoms with Crippen molar-refractivity contribution in [3.05, 3.63) is 71.8 Å². The van der Waals surface area contributed by atoms with E-state index in [0.717, 1.165) is 32.6 Å². The molecular weight excluding hydrogens is 332 g/mol. The Morgan fingerprint density at radius 2 is 1.60 bits per heavy atom. The van der Waals surface area contributed by atoms with Crippen LogP contribution >= 0.6 is 0 Å². The third kappa shape index (κ3) is 5.66. The summed E-state index contributed by atoms with van der Waals surface area (Å²) in [5, 5.41) is 3.47. The fourth-order valence-electron chi connectivity index (χ4n) is 3.32. The lowest BCUT2D eigenvalue weighted by Gasteiger charge is -2.28. The van der Waals surface area contributed by atoms with Crippen molar-refractivity contribution >= 4 is 9.84 Å². The Labute approximate surface area is 150 Å². The van der Waals surface area contributed by atoms with E-state index in [0.29, 0.717) is 11.5 Å². The first kappa shape index (κ1) is 18.1. The zero-order chi connectivity index (χ0) is 17.5. The van der Waals surface area contributed by atoms with Crippen LogP contribution in [0.4, 0.5) is 0 Å². The Balaban J connectivity index is 1.56. The van der Waals surface area contributed by atoms with Gasteiger partial charge in [0.1, 0.15) is 0 Å². The summed E-state index contributed by atoms with van der Waals surface area (Å²) in [6.45, 7) is 3.33. The zero-order valence-electron chi connectivity index (χ0n) is 14.5. The van der Waals surface area contributed by atoms with Gasteiger partial charge in [0.15, 0.2) is 9.84 Å². The van der Waals surface area contributed by atoms with Crippen LogP contribution < -0.4 is 5.32 Å². The van der Waals surface area contributed by atoms with Gasteiger partial charge in [-0.2, -0.15) is 0 Å². The fraction of sp³-hybridized carbons (Fsp3) is 0.400. The first-order valence-electron chi connectivity index (χ1n) is 8.85. The van der Waals surface area contributed by atoms with E-state index in [1.165, 1.54) is 11.1 Å². The number of rotatable bonds is 8. The highest BCUT2D eigenvalue weighted by molar-refractivity contribution is 7.91. The maximum absolute atomic E-state index is 11.9. The lowest BCUT2D eigenvalue weighted by Crippen LogP contribution is -2.40. The topological polar surface area (TPSA) is 49.4 Å². The summed E-state index contributed by atoms with van der Waals surface area (Å²) in [6.07, 6.45) is 0.744. The highest BCUT2D eigenvalue weighted by Gasteiger charge is 2.31. The van der Waals surface area contributed by atoms with Crippen molar-refractivity contribution in [3.8, 4) is 0 Å². The van der Waals surface area contributed by atoms with Crippen molar-refractivity contribution in [2.24, 2.45) is 0 Å². The monoisotopic (exact) mass is 358 g/mol. The molecule has 0 saturated carbocycles. The van der Waals surface area contributed by atoms with Crippen LogP contribution in [0.3, 0.4) is 0 Å². The third-order valence-corrected chi connectivity index (χ3v) is 6.45. The van der Waals surface area contributed by atoms with Gasteiger partial charge < -0.3 is 5.32 Å². The molecule has 0 bridgehead atoms. The molecule has 0 spiro atoms. The van der Waals surface area contributed by atoms with E-state index in [-0.39, 0.29) is 6.04 Å². The fourth-order valence-corrected chi connectivity index (χ4v) is 5.08. The normalized spacial score (nSPS) is 19.3. The van der Waals surface area contributed by atoms with E-state index in [1.54, 1.807) is 0 Å². The predicted molar refractivity (Wildman–Crippen MR) is 102 cm³/mol. The molecule has 3 rings (SSSR count). The highest BCUT2D eigenvalue weighted by atomic mass is 32.2. The summed E-state index contributed by atoms with van der Waals surface area (Å²) in [7, 11) is -2.87. The molecule has 4 nitrogen and oxygen atoms in total. The zero-order valence-corrected chi connectivity index (χ0v) is 15.3. The summed E-state index contributed by atoms with van der Waals surface area (Å²) in [5.41, 5.74) is 2.50. The van der Waals surface area contributed by atoms with Gasteiger partial charge in [-0.3, -0.25) is 4.90 Å². The second-order valence-electron chi connectivity index (χ2n) is 6.68. The van der Waals surface area contributed by atoms with Crippen molar-refractivity contribution in [1.29, 1.82) is 0 Å². The molecule has 134 valence electrons. The molecule has 2 aromatic rings. The van der Waals surface area contributed by atoms with Crippen molar-refractivity contribution in [1.82, 2.24) is 10.2 Å². The summed E-state index contributed by atoms with van der Waals surface area (Å²) in [6, 6.07) is 20.7. The average Bonchev–Trinajstić information content (AvgIpc) is 2.99. The van der Waals surface area contributed by atoms with Crippen molar-refractivity contribution in [2.75, 3.05) is 24.6 Å². The molecule has 1 saturated heterocycles. The molecule has 0 unspecified atom stereocenters. The van der Waals surface area contributed by atoms with Crippen molar-refractivity contribution in [2.45, 2.75) is 25.6 Å². The van der Waals surface area contributed by atoms with Crippen molar-refractivity contribution in [3.63, 3.8) is 0 Å². The number of nitrogens with zero attached hydrogens (tertiary/aromatic N) is 1. The van der Waals surface area contributed by atoms with Crippen LogP contribution in [0.25, 0.3) is 0 Å². The van der Waals surface area contributed by atoms with Gasteiger partial charge in [-0.25, -0.2) is 8.42 Å². The second kappa shape index (κ2) is 8.61. The van der Waals surface area contributed by atoms with E-state index < -0.39 is 9.84 Å². The van der Waals surface area contributed by atoms with Crippen LogP contribution in [-0.4, -0.2) is 44.0 Å². The van der Waals surface area contributed by atoms with E-state index in [9.17, 15) is 8.42 Å². The summed E-state index contributed by atoms with van der Waals surface area (Å²) in [5.74, 6) is 0.610. The molecule has 1 N–H and O–H groups in total. The second-order valence-corrected chi connectivity index (χ2v) is 8.90. The molecule has 1 heterocycles. The first-order valence-corrected chi connectivity index (χ1v) is 10.7. The van der Waals surface area contributed by atoms with Gasteiger partial charge in [0.2, 0.25) is 0 Å². The molecule has 1 fully saturated rings. The van der Waals surface area contributed by atoms with E-state index in [1.807, 2.05) is 36.4 Å². The Morgan fingerprint density at radius 3 is 2.20 bits per heavy atom. The molecule has 0 aromatic heterocycles. The molecule has 0 amide bonds. The van der Waals surface area contributed by atoms with Crippen molar-refractivity contribution < 1.29 is 8.42 Å². The summed E-state index contributed by atoms with van der Waals surface area (Å²) >= 11 is 0. The van der Waals surface area contributed by atoms with Crippen LogP contribution in [0.1, 0.15) is 17.5 Å². The lowest BCUT2D eigenvalue weighted by molar-refractivity contribution is 0.203. The Hall–Kier alpha value is -1.69. The van der Waals surface area contributed by atoms with E-state index >= 15 is 0 Å². The molecule has 1 aliphatic rings. The number of nitrogens with one attached hydrogen (secondary N) is 1.